The first kappa shape index (κ1) is 64.5. The minimum atomic E-state index is -1.63. The zero-order chi connectivity index (χ0) is 49.9. The summed E-state index contributed by atoms with van der Waals surface area (Å²) in [4.78, 5) is 37.2. The van der Waals surface area contributed by atoms with Crippen LogP contribution in [0.2, 0.25) is 0 Å². The molecular formula is C59H101NO8. The predicted molar refractivity (Wildman–Crippen MR) is 283 cm³/mol. The van der Waals surface area contributed by atoms with Gasteiger partial charge in [0.1, 0.15) is 13.2 Å². The second-order valence-electron chi connectivity index (χ2n) is 19.1. The smallest absolute Gasteiger partial charge is 0.306 e. The quantitative estimate of drug-likeness (QED) is 0.0195. The largest absolute Gasteiger partial charge is 0.545 e. The molecule has 0 radical (unpaired) electrons. The maximum atomic E-state index is 12.8. The van der Waals surface area contributed by atoms with Crippen molar-refractivity contribution in [2.75, 3.05) is 47.5 Å². The van der Waals surface area contributed by atoms with Gasteiger partial charge < -0.3 is 33.3 Å². The van der Waals surface area contributed by atoms with E-state index < -0.39 is 24.3 Å². The van der Waals surface area contributed by atoms with Gasteiger partial charge in [-0.25, -0.2) is 0 Å². The Balaban J connectivity index is 4.26. The Hall–Kier alpha value is -3.53. The average Bonchev–Trinajstić information content (AvgIpc) is 3.30. The molecule has 390 valence electrons. The lowest BCUT2D eigenvalue weighted by Crippen LogP contribution is -2.44. The van der Waals surface area contributed by atoms with Crippen LogP contribution in [0.25, 0.3) is 0 Å². The van der Waals surface area contributed by atoms with Crippen molar-refractivity contribution in [1.29, 1.82) is 0 Å². The van der Waals surface area contributed by atoms with Crippen molar-refractivity contribution in [3.05, 3.63) is 85.1 Å². The number of hydrogen-bond acceptors (Lipinski definition) is 8. The van der Waals surface area contributed by atoms with E-state index in [4.69, 9.17) is 18.9 Å². The van der Waals surface area contributed by atoms with Gasteiger partial charge in [0, 0.05) is 12.8 Å². The van der Waals surface area contributed by atoms with E-state index in [1.165, 1.54) is 77.0 Å². The van der Waals surface area contributed by atoms with Crippen molar-refractivity contribution in [2.45, 2.75) is 225 Å². The van der Waals surface area contributed by atoms with Gasteiger partial charge in [-0.3, -0.25) is 9.59 Å². The molecule has 0 spiro atoms. The Labute approximate surface area is 417 Å². The summed E-state index contributed by atoms with van der Waals surface area (Å²) in [6, 6.07) is 0. The van der Waals surface area contributed by atoms with E-state index >= 15 is 0 Å². The van der Waals surface area contributed by atoms with E-state index in [0.29, 0.717) is 17.4 Å². The fourth-order valence-electron chi connectivity index (χ4n) is 7.18. The van der Waals surface area contributed by atoms with E-state index in [1.54, 1.807) is 0 Å². The van der Waals surface area contributed by atoms with Crippen LogP contribution in [0, 0.1) is 0 Å². The van der Waals surface area contributed by atoms with Crippen LogP contribution < -0.4 is 5.11 Å². The monoisotopic (exact) mass is 952 g/mol. The maximum Gasteiger partial charge on any atom is 0.306 e. The summed E-state index contributed by atoms with van der Waals surface area (Å²) >= 11 is 0. The fraction of sp³-hybridized carbons (Fsp3) is 0.712. The lowest BCUT2D eigenvalue weighted by atomic mass is 10.0. The van der Waals surface area contributed by atoms with E-state index in [0.717, 1.165) is 103 Å². The molecule has 0 amide bonds. The molecule has 0 saturated heterocycles. The van der Waals surface area contributed by atoms with E-state index in [2.05, 4.69) is 98.9 Å². The molecule has 0 fully saturated rings. The summed E-state index contributed by atoms with van der Waals surface area (Å²) in [6.07, 6.45) is 61.9. The van der Waals surface area contributed by atoms with Crippen LogP contribution in [-0.2, 0) is 33.3 Å². The number of carboxylic acids is 1. The molecule has 68 heavy (non-hydrogen) atoms. The molecule has 0 aromatic heterocycles. The highest BCUT2D eigenvalue weighted by Gasteiger charge is 2.22. The molecule has 0 aromatic carbocycles. The molecule has 0 rings (SSSR count). The van der Waals surface area contributed by atoms with Gasteiger partial charge >= 0.3 is 11.9 Å². The number of aliphatic carboxylic acids is 1. The van der Waals surface area contributed by atoms with Gasteiger partial charge in [0.15, 0.2) is 12.4 Å². The Morgan fingerprint density at radius 2 is 0.838 bits per heavy atom. The summed E-state index contributed by atoms with van der Waals surface area (Å²) in [6.45, 7) is 4.60. The SMILES string of the molecule is CC/C=C\C/C=C\C/C=C\C/C=C\C/C=C\C/C=C\CCCCCCCCCCCCC(=O)OC(COC(=O)CCCCCCC/C=C\CCCCCCC)COC(OCC[N+](C)(C)C)C(=O)[O-]. The standard InChI is InChI=1S/C59H101NO8/c1-6-8-10-12-14-16-18-20-22-23-24-25-26-27-28-29-30-31-32-33-34-35-36-38-40-42-44-46-48-50-57(62)68-55(54-67-59(58(63)64)65-52-51-60(3,4)5)53-66-56(61)49-47-45-43-41-39-37-21-19-17-15-13-11-9-7-2/h8,10,14,16,19-22,24-25,27-28,30-31,55,59H,6-7,9,11-13,15,17-18,23,26,29,32-54H2,1-5H3/b10-8-,16-14-,21-19-,22-20-,25-24-,28-27-,31-30-. The molecule has 0 aromatic rings. The second kappa shape index (κ2) is 49.9. The van der Waals surface area contributed by atoms with Gasteiger partial charge in [-0.1, -0.05) is 195 Å². The van der Waals surface area contributed by atoms with E-state index in [1.807, 2.05) is 21.1 Å². The first-order valence-corrected chi connectivity index (χ1v) is 27.2. The van der Waals surface area contributed by atoms with Crippen molar-refractivity contribution < 1.29 is 42.9 Å². The van der Waals surface area contributed by atoms with Gasteiger partial charge in [0.25, 0.3) is 0 Å². The highest BCUT2D eigenvalue weighted by atomic mass is 16.7. The summed E-state index contributed by atoms with van der Waals surface area (Å²) < 4.78 is 22.6. The zero-order valence-electron chi connectivity index (χ0n) is 44.2. The van der Waals surface area contributed by atoms with Crippen LogP contribution in [0.4, 0.5) is 0 Å². The molecule has 9 nitrogen and oxygen atoms in total. The summed E-state index contributed by atoms with van der Waals surface area (Å²) in [5.74, 6) is -2.31. The van der Waals surface area contributed by atoms with Gasteiger partial charge in [0.05, 0.1) is 40.3 Å². The number of esters is 2. The number of likely N-dealkylation sites (N-methyl/N-ethyl adjacent to an activating group) is 1. The number of nitrogens with zero attached hydrogens (tertiary/aromatic N) is 1. The number of ether oxygens (including phenoxy) is 4. The number of carbonyl (C=O) groups is 3. The number of unbranched alkanes of at least 4 members (excludes halogenated alkanes) is 20. The van der Waals surface area contributed by atoms with Crippen LogP contribution in [0.1, 0.15) is 213 Å². The molecule has 2 atom stereocenters. The molecule has 0 N–H and O–H groups in total. The number of carboxylic acid groups (broad SMARTS) is 1. The maximum absolute atomic E-state index is 12.8. The van der Waals surface area contributed by atoms with Gasteiger partial charge in [-0.2, -0.15) is 0 Å². The van der Waals surface area contributed by atoms with Crippen molar-refractivity contribution in [1.82, 2.24) is 0 Å². The summed E-state index contributed by atoms with van der Waals surface area (Å²) in [5, 5.41) is 11.7. The summed E-state index contributed by atoms with van der Waals surface area (Å²) in [5.41, 5.74) is 0. The highest BCUT2D eigenvalue weighted by molar-refractivity contribution is 5.70. The normalized spacial score (nSPS) is 13.5. The molecule has 0 aliphatic carbocycles. The number of quaternary nitrogens is 1. The topological polar surface area (TPSA) is 111 Å². The number of allylic oxidation sites excluding steroid dienone is 14. The molecule has 0 saturated carbocycles. The van der Waals surface area contributed by atoms with Crippen molar-refractivity contribution in [3.8, 4) is 0 Å². The molecule has 0 aliphatic heterocycles. The lowest BCUT2D eigenvalue weighted by Gasteiger charge is -2.26. The van der Waals surface area contributed by atoms with Crippen LogP contribution in [-0.4, -0.2) is 82.3 Å². The van der Waals surface area contributed by atoms with E-state index in [9.17, 15) is 19.5 Å². The third-order valence-electron chi connectivity index (χ3n) is 11.4. The highest BCUT2D eigenvalue weighted by Crippen LogP contribution is 2.14. The van der Waals surface area contributed by atoms with E-state index in [-0.39, 0.29) is 38.6 Å². The Kier molecular flexibility index (Phi) is 47.3. The van der Waals surface area contributed by atoms with Crippen molar-refractivity contribution in [3.63, 3.8) is 0 Å². The van der Waals surface area contributed by atoms with Gasteiger partial charge in [-0.15, -0.1) is 0 Å². The molecule has 0 heterocycles. The van der Waals surface area contributed by atoms with Crippen LogP contribution in [0.5, 0.6) is 0 Å². The van der Waals surface area contributed by atoms with Crippen molar-refractivity contribution in [2.24, 2.45) is 0 Å². The van der Waals surface area contributed by atoms with Crippen LogP contribution >= 0.6 is 0 Å². The third kappa shape index (κ3) is 50.3. The minimum absolute atomic E-state index is 0.142. The molecule has 0 aliphatic rings. The van der Waals surface area contributed by atoms with Crippen molar-refractivity contribution >= 4 is 17.9 Å². The number of hydrogen-bond donors (Lipinski definition) is 0. The van der Waals surface area contributed by atoms with Gasteiger partial charge in [0.2, 0.25) is 0 Å². The average molecular weight is 952 g/mol. The molecule has 9 heteroatoms. The Morgan fingerprint density at radius 3 is 1.26 bits per heavy atom. The third-order valence-corrected chi connectivity index (χ3v) is 11.4. The number of rotatable bonds is 49. The first-order valence-electron chi connectivity index (χ1n) is 27.2. The molecule has 2 unspecified atom stereocenters. The lowest BCUT2D eigenvalue weighted by molar-refractivity contribution is -0.870. The molecular weight excluding hydrogens is 851 g/mol. The second-order valence-corrected chi connectivity index (χ2v) is 19.1. The Bertz CT molecular complexity index is 1390. The first-order chi connectivity index (χ1) is 33.1. The summed E-state index contributed by atoms with van der Waals surface area (Å²) in [7, 11) is 5.91. The fourth-order valence-corrected chi connectivity index (χ4v) is 7.18. The van der Waals surface area contributed by atoms with Crippen LogP contribution in [0.3, 0.4) is 0 Å². The Morgan fingerprint density at radius 1 is 0.456 bits per heavy atom. The molecule has 0 bridgehead atoms. The van der Waals surface area contributed by atoms with Gasteiger partial charge in [-0.05, 0) is 89.9 Å². The zero-order valence-corrected chi connectivity index (χ0v) is 44.2. The predicted octanol–water partition coefficient (Wildman–Crippen LogP) is 14.3. The van der Waals surface area contributed by atoms with Crippen LogP contribution in [0.15, 0.2) is 85.1 Å². The minimum Gasteiger partial charge on any atom is -0.545 e. The number of carbonyl (C=O) groups excluding carboxylic acids is 3.